The third-order valence-electron chi connectivity index (χ3n) is 1.96. The molecule has 74 valence electrons. The Kier molecular flexibility index (Phi) is 1.69. The van der Waals surface area contributed by atoms with Crippen molar-refractivity contribution in [1.82, 2.24) is 15.0 Å². The number of nitrogen functional groups attached to an aromatic ring is 1. The van der Waals surface area contributed by atoms with Crippen molar-refractivity contribution in [3.8, 4) is 10.8 Å². The first-order valence-electron chi connectivity index (χ1n) is 4.25. The van der Waals surface area contributed by atoms with Crippen LogP contribution in [0.25, 0.3) is 22.0 Å². The lowest BCUT2D eigenvalue weighted by atomic mass is 10.5. The van der Waals surface area contributed by atoms with Crippen LogP contribution in [0, 0.1) is 0 Å². The number of nitrogens with two attached hydrogens (primary N) is 1. The summed E-state index contributed by atoms with van der Waals surface area (Å²) in [5.41, 5.74) is 6.59. The zero-order valence-electron chi connectivity index (χ0n) is 7.54. The lowest BCUT2D eigenvalue weighted by Gasteiger charge is -1.87. The summed E-state index contributed by atoms with van der Waals surface area (Å²) >= 11 is 1.55. The first-order chi connectivity index (χ1) is 7.34. The lowest BCUT2D eigenvalue weighted by Crippen LogP contribution is -1.91. The average molecular weight is 218 g/mol. The topological polar surface area (TPSA) is 77.8 Å². The molecule has 0 bridgehead atoms. The van der Waals surface area contributed by atoms with Gasteiger partial charge in [-0.15, -0.1) is 11.3 Å². The van der Waals surface area contributed by atoms with Crippen molar-refractivity contribution < 1.29 is 4.42 Å². The van der Waals surface area contributed by atoms with Gasteiger partial charge in [-0.05, 0) is 11.4 Å². The Morgan fingerprint density at radius 1 is 1.33 bits per heavy atom. The molecule has 0 atom stereocenters. The van der Waals surface area contributed by atoms with Crippen molar-refractivity contribution in [2.75, 3.05) is 5.73 Å². The van der Waals surface area contributed by atoms with E-state index >= 15 is 0 Å². The van der Waals surface area contributed by atoms with Crippen molar-refractivity contribution in [1.29, 1.82) is 0 Å². The van der Waals surface area contributed by atoms with Gasteiger partial charge in [-0.2, -0.15) is 4.98 Å². The molecule has 0 saturated carbocycles. The number of thiophene rings is 1. The fourth-order valence-corrected chi connectivity index (χ4v) is 1.93. The van der Waals surface area contributed by atoms with Gasteiger partial charge in [-0.3, -0.25) is 0 Å². The lowest BCUT2D eigenvalue weighted by molar-refractivity contribution is 0.609. The molecular formula is C9H6N4OS. The maximum absolute atomic E-state index is 5.65. The first kappa shape index (κ1) is 8.37. The molecule has 0 fully saturated rings. The molecule has 5 nitrogen and oxygen atoms in total. The first-order valence-corrected chi connectivity index (χ1v) is 5.13. The Morgan fingerprint density at radius 2 is 2.27 bits per heavy atom. The summed E-state index contributed by atoms with van der Waals surface area (Å²) in [6.45, 7) is 0. The van der Waals surface area contributed by atoms with Crippen LogP contribution >= 0.6 is 11.3 Å². The van der Waals surface area contributed by atoms with Gasteiger partial charge in [-0.25, -0.2) is 9.97 Å². The van der Waals surface area contributed by atoms with Gasteiger partial charge in [-0.1, -0.05) is 6.07 Å². The minimum Gasteiger partial charge on any atom is -0.417 e. The molecule has 0 aliphatic heterocycles. The zero-order chi connectivity index (χ0) is 10.3. The van der Waals surface area contributed by atoms with Crippen LogP contribution in [0.2, 0.25) is 0 Å². The van der Waals surface area contributed by atoms with Crippen molar-refractivity contribution >= 4 is 28.4 Å². The molecule has 3 aromatic rings. The standard InChI is InChI=1S/C9H6N4OS/c10-7-6-9(12-4-11-7)14-8(13-6)5-2-1-3-15-5/h1-4H,(H2,10,11,12). The van der Waals surface area contributed by atoms with Gasteiger partial charge >= 0.3 is 0 Å². The minimum atomic E-state index is 0.339. The molecule has 0 amide bonds. The molecule has 0 aliphatic rings. The number of hydrogen-bond acceptors (Lipinski definition) is 6. The molecule has 3 aromatic heterocycles. The number of hydrogen-bond donors (Lipinski definition) is 1. The number of oxazole rings is 1. The summed E-state index contributed by atoms with van der Waals surface area (Å²) in [7, 11) is 0. The molecular weight excluding hydrogens is 212 g/mol. The third-order valence-corrected chi connectivity index (χ3v) is 2.81. The van der Waals surface area contributed by atoms with Crippen LogP contribution < -0.4 is 5.73 Å². The van der Waals surface area contributed by atoms with Crippen LogP contribution in [-0.4, -0.2) is 15.0 Å². The van der Waals surface area contributed by atoms with Gasteiger partial charge in [0.2, 0.25) is 5.89 Å². The van der Waals surface area contributed by atoms with Crippen LogP contribution in [0.4, 0.5) is 5.82 Å². The molecule has 0 radical (unpaired) electrons. The average Bonchev–Trinajstić information content (AvgIpc) is 2.86. The highest BCUT2D eigenvalue weighted by Crippen LogP contribution is 2.27. The number of rotatable bonds is 1. The molecule has 0 saturated heterocycles. The fraction of sp³-hybridized carbons (Fsp3) is 0. The second-order valence-electron chi connectivity index (χ2n) is 2.91. The van der Waals surface area contributed by atoms with E-state index in [2.05, 4.69) is 15.0 Å². The molecule has 15 heavy (non-hydrogen) atoms. The monoisotopic (exact) mass is 218 g/mol. The largest absolute Gasteiger partial charge is 0.417 e. The Morgan fingerprint density at radius 3 is 3.00 bits per heavy atom. The normalized spacial score (nSPS) is 10.9. The van der Waals surface area contributed by atoms with Gasteiger partial charge in [0.25, 0.3) is 5.71 Å². The summed E-state index contributed by atoms with van der Waals surface area (Å²) in [5, 5.41) is 1.96. The van der Waals surface area contributed by atoms with Gasteiger partial charge in [0, 0.05) is 0 Å². The van der Waals surface area contributed by atoms with Gasteiger partial charge < -0.3 is 10.2 Å². The molecule has 0 aromatic carbocycles. The molecule has 3 heterocycles. The van der Waals surface area contributed by atoms with E-state index in [4.69, 9.17) is 10.2 Å². The number of anilines is 1. The minimum absolute atomic E-state index is 0.339. The summed E-state index contributed by atoms with van der Waals surface area (Å²) in [4.78, 5) is 13.0. The second-order valence-corrected chi connectivity index (χ2v) is 3.86. The van der Waals surface area contributed by atoms with Crippen LogP contribution in [-0.2, 0) is 0 Å². The smallest absolute Gasteiger partial charge is 0.252 e. The van der Waals surface area contributed by atoms with E-state index in [-0.39, 0.29) is 0 Å². The van der Waals surface area contributed by atoms with Crippen molar-refractivity contribution in [3.05, 3.63) is 23.8 Å². The Balaban J connectivity index is 2.27. The van der Waals surface area contributed by atoms with Gasteiger partial charge in [0.1, 0.15) is 6.33 Å². The predicted molar refractivity (Wildman–Crippen MR) is 57.3 cm³/mol. The molecule has 2 N–H and O–H groups in total. The van der Waals surface area contributed by atoms with Crippen LogP contribution in [0.5, 0.6) is 0 Å². The molecule has 6 heteroatoms. The van der Waals surface area contributed by atoms with Crippen molar-refractivity contribution in [2.24, 2.45) is 0 Å². The third kappa shape index (κ3) is 1.26. The Hall–Kier alpha value is -1.95. The summed E-state index contributed by atoms with van der Waals surface area (Å²) in [6.07, 6.45) is 1.36. The Labute approximate surface area is 88.6 Å². The van der Waals surface area contributed by atoms with Crippen LogP contribution in [0.1, 0.15) is 0 Å². The highest BCUT2D eigenvalue weighted by molar-refractivity contribution is 7.13. The van der Waals surface area contributed by atoms with E-state index in [9.17, 15) is 0 Å². The SMILES string of the molecule is Nc1ncnc2oc(-c3cccs3)nc12. The number of nitrogens with zero attached hydrogens (tertiary/aromatic N) is 3. The van der Waals surface area contributed by atoms with Crippen LogP contribution in [0.15, 0.2) is 28.3 Å². The predicted octanol–water partition coefficient (Wildman–Crippen LogP) is 1.93. The molecule has 0 spiro atoms. The molecule has 0 unspecified atom stereocenters. The highest BCUT2D eigenvalue weighted by atomic mass is 32.1. The van der Waals surface area contributed by atoms with E-state index in [1.54, 1.807) is 11.3 Å². The zero-order valence-corrected chi connectivity index (χ0v) is 8.36. The summed E-state index contributed by atoms with van der Waals surface area (Å²) in [5.74, 6) is 0.874. The maximum atomic E-state index is 5.65. The highest BCUT2D eigenvalue weighted by Gasteiger charge is 2.12. The van der Waals surface area contributed by atoms with E-state index in [0.717, 1.165) is 4.88 Å². The molecule has 3 rings (SSSR count). The van der Waals surface area contributed by atoms with Crippen molar-refractivity contribution in [2.45, 2.75) is 0 Å². The molecule has 0 aliphatic carbocycles. The van der Waals surface area contributed by atoms with Crippen molar-refractivity contribution in [3.63, 3.8) is 0 Å². The van der Waals surface area contributed by atoms with E-state index in [1.807, 2.05) is 17.5 Å². The summed E-state index contributed by atoms with van der Waals surface area (Å²) in [6, 6.07) is 3.86. The van der Waals surface area contributed by atoms with E-state index in [1.165, 1.54) is 6.33 Å². The van der Waals surface area contributed by atoms with Crippen LogP contribution in [0.3, 0.4) is 0 Å². The second kappa shape index (κ2) is 3.03. The quantitative estimate of drug-likeness (QED) is 0.675. The van der Waals surface area contributed by atoms with E-state index < -0.39 is 0 Å². The van der Waals surface area contributed by atoms with Gasteiger partial charge in [0.15, 0.2) is 11.3 Å². The fourth-order valence-electron chi connectivity index (χ4n) is 1.28. The van der Waals surface area contributed by atoms with E-state index in [0.29, 0.717) is 22.9 Å². The van der Waals surface area contributed by atoms with Gasteiger partial charge in [0.05, 0.1) is 4.88 Å². The number of fused-ring (bicyclic) bond motifs is 1. The maximum Gasteiger partial charge on any atom is 0.252 e. The summed E-state index contributed by atoms with van der Waals surface area (Å²) < 4.78 is 5.46. The number of aromatic nitrogens is 3. The Bertz CT molecular complexity index is 602.